The molecule has 1 aromatic rings. The van der Waals surface area contributed by atoms with Crippen LogP contribution >= 0.6 is 23.2 Å². The summed E-state index contributed by atoms with van der Waals surface area (Å²) in [6.07, 6.45) is 0. The fraction of sp³-hybridized carbons (Fsp3) is 0.273. The lowest BCUT2D eigenvalue weighted by molar-refractivity contribution is -0.125. The van der Waals surface area contributed by atoms with Gasteiger partial charge in [-0.3, -0.25) is 14.9 Å². The first-order chi connectivity index (χ1) is 7.50. The van der Waals surface area contributed by atoms with Crippen LogP contribution in [0.1, 0.15) is 17.0 Å². The van der Waals surface area contributed by atoms with Gasteiger partial charge in [-0.25, -0.2) is 0 Å². The summed E-state index contributed by atoms with van der Waals surface area (Å²) in [5, 5.41) is 1.88. The van der Waals surface area contributed by atoms with Crippen LogP contribution in [0.15, 0.2) is 18.2 Å². The Balaban J connectivity index is 2.48. The highest BCUT2D eigenvalue weighted by Crippen LogP contribution is 2.32. The van der Waals surface area contributed by atoms with Crippen LogP contribution in [-0.2, 0) is 9.59 Å². The molecule has 1 fully saturated rings. The van der Waals surface area contributed by atoms with Gasteiger partial charge in [0.05, 0.1) is 5.92 Å². The molecule has 1 aliphatic heterocycles. The van der Waals surface area contributed by atoms with Crippen LogP contribution in [0.5, 0.6) is 0 Å². The normalized spacial score (nSPS) is 24.7. The van der Waals surface area contributed by atoms with Crippen LogP contribution < -0.4 is 5.32 Å². The molecule has 84 valence electrons. The Labute approximate surface area is 103 Å². The second-order valence-corrected chi connectivity index (χ2v) is 4.64. The number of halogens is 2. The number of carbonyl (C=O) groups is 2. The number of aryl methyl sites for hydroxylation is 1. The highest BCUT2D eigenvalue weighted by molar-refractivity contribution is 6.37. The van der Waals surface area contributed by atoms with Crippen LogP contribution in [-0.4, -0.2) is 17.2 Å². The third-order valence-corrected chi connectivity index (χ3v) is 3.33. The Hall–Kier alpha value is -1.06. The van der Waals surface area contributed by atoms with Crippen molar-refractivity contribution >= 4 is 35.0 Å². The first kappa shape index (κ1) is 11.4. The molecule has 0 saturated carbocycles. The molecule has 2 unspecified atom stereocenters. The van der Waals surface area contributed by atoms with Crippen LogP contribution in [0.2, 0.25) is 5.02 Å². The Bertz CT molecular complexity index is 473. The smallest absolute Gasteiger partial charge is 0.245 e. The summed E-state index contributed by atoms with van der Waals surface area (Å²) in [6.45, 7) is 1.85. The van der Waals surface area contributed by atoms with E-state index in [4.69, 9.17) is 23.2 Å². The lowest BCUT2D eigenvalue weighted by atomic mass is 9.93. The second-order valence-electron chi connectivity index (χ2n) is 3.73. The molecule has 0 aliphatic carbocycles. The summed E-state index contributed by atoms with van der Waals surface area (Å²) in [7, 11) is 0. The summed E-state index contributed by atoms with van der Waals surface area (Å²) in [5.41, 5.74) is 1.60. The summed E-state index contributed by atoms with van der Waals surface area (Å²) in [4.78, 5) is 22.9. The van der Waals surface area contributed by atoms with Crippen molar-refractivity contribution in [1.82, 2.24) is 5.32 Å². The molecule has 16 heavy (non-hydrogen) atoms. The minimum absolute atomic E-state index is 0.365. The zero-order valence-corrected chi connectivity index (χ0v) is 9.97. The Kier molecular flexibility index (Phi) is 2.91. The first-order valence-corrected chi connectivity index (χ1v) is 5.57. The van der Waals surface area contributed by atoms with Gasteiger partial charge in [0.2, 0.25) is 11.8 Å². The fourth-order valence-corrected chi connectivity index (χ4v) is 2.28. The predicted octanol–water partition coefficient (Wildman–Crippen LogP) is 2.00. The quantitative estimate of drug-likeness (QED) is 0.618. The molecule has 3 nitrogen and oxygen atoms in total. The molecule has 1 aliphatic rings. The number of nitrogens with one attached hydrogen (secondary N) is 1. The number of hydrogen-bond donors (Lipinski definition) is 1. The number of carbonyl (C=O) groups excluding carboxylic acids is 2. The van der Waals surface area contributed by atoms with Gasteiger partial charge in [-0.1, -0.05) is 17.7 Å². The first-order valence-electron chi connectivity index (χ1n) is 4.75. The van der Waals surface area contributed by atoms with E-state index in [9.17, 15) is 9.59 Å². The van der Waals surface area contributed by atoms with Crippen molar-refractivity contribution in [3.63, 3.8) is 0 Å². The van der Waals surface area contributed by atoms with Crippen molar-refractivity contribution in [2.75, 3.05) is 0 Å². The number of alkyl halides is 1. The fourth-order valence-electron chi connectivity index (χ4n) is 1.80. The molecule has 1 aromatic carbocycles. The minimum atomic E-state index is -0.857. The van der Waals surface area contributed by atoms with Gasteiger partial charge < -0.3 is 0 Å². The van der Waals surface area contributed by atoms with E-state index < -0.39 is 17.2 Å². The van der Waals surface area contributed by atoms with E-state index in [1.807, 2.05) is 6.92 Å². The Morgan fingerprint density at radius 1 is 1.25 bits per heavy atom. The molecular weight excluding hydrogens is 249 g/mol. The number of imide groups is 1. The molecule has 5 heteroatoms. The van der Waals surface area contributed by atoms with Crippen molar-refractivity contribution in [2.45, 2.75) is 18.2 Å². The van der Waals surface area contributed by atoms with Crippen LogP contribution in [0.4, 0.5) is 0 Å². The van der Waals surface area contributed by atoms with Crippen LogP contribution in [0.3, 0.4) is 0 Å². The number of rotatable bonds is 1. The zero-order chi connectivity index (χ0) is 11.9. The zero-order valence-electron chi connectivity index (χ0n) is 8.46. The van der Waals surface area contributed by atoms with E-state index in [0.717, 1.165) is 5.56 Å². The second kappa shape index (κ2) is 4.07. The highest BCUT2D eigenvalue weighted by atomic mass is 35.5. The average Bonchev–Trinajstić information content (AvgIpc) is 2.46. The summed E-state index contributed by atoms with van der Waals surface area (Å²) < 4.78 is 0. The van der Waals surface area contributed by atoms with E-state index in [-0.39, 0.29) is 5.91 Å². The van der Waals surface area contributed by atoms with Crippen molar-refractivity contribution in [3.05, 3.63) is 34.3 Å². The standard InChI is InChI=1S/C11H9Cl2NO2/c1-5-2-3-6(12)4-7(5)8-9(13)11(16)14-10(8)15/h2-4,8-9H,1H3,(H,14,15,16). The maximum absolute atomic E-state index is 11.6. The average molecular weight is 258 g/mol. The summed E-state index contributed by atoms with van der Waals surface area (Å²) >= 11 is 11.8. The Morgan fingerprint density at radius 2 is 1.94 bits per heavy atom. The minimum Gasteiger partial charge on any atom is -0.295 e. The predicted molar refractivity (Wildman–Crippen MR) is 61.7 cm³/mol. The van der Waals surface area contributed by atoms with Crippen LogP contribution in [0.25, 0.3) is 0 Å². The van der Waals surface area contributed by atoms with E-state index in [1.54, 1.807) is 18.2 Å². The molecule has 1 saturated heterocycles. The molecule has 1 heterocycles. The van der Waals surface area contributed by atoms with Gasteiger partial charge in [-0.05, 0) is 30.2 Å². The van der Waals surface area contributed by atoms with Crippen molar-refractivity contribution in [1.29, 1.82) is 0 Å². The number of amides is 2. The molecule has 1 N–H and O–H groups in total. The van der Waals surface area contributed by atoms with E-state index in [0.29, 0.717) is 10.6 Å². The maximum atomic E-state index is 11.6. The number of benzene rings is 1. The van der Waals surface area contributed by atoms with Crippen LogP contribution in [0, 0.1) is 6.92 Å². The van der Waals surface area contributed by atoms with Gasteiger partial charge in [0, 0.05) is 5.02 Å². The van der Waals surface area contributed by atoms with E-state index in [1.165, 1.54) is 0 Å². The van der Waals surface area contributed by atoms with E-state index >= 15 is 0 Å². The topological polar surface area (TPSA) is 46.2 Å². The molecule has 2 rings (SSSR count). The molecule has 0 spiro atoms. The third-order valence-electron chi connectivity index (χ3n) is 2.65. The maximum Gasteiger partial charge on any atom is 0.245 e. The summed E-state index contributed by atoms with van der Waals surface area (Å²) in [6, 6.07) is 5.21. The van der Waals surface area contributed by atoms with Crippen molar-refractivity contribution in [2.24, 2.45) is 0 Å². The van der Waals surface area contributed by atoms with Gasteiger partial charge in [-0.15, -0.1) is 11.6 Å². The van der Waals surface area contributed by atoms with Gasteiger partial charge in [0.25, 0.3) is 0 Å². The van der Waals surface area contributed by atoms with Gasteiger partial charge in [0.1, 0.15) is 5.38 Å². The SMILES string of the molecule is Cc1ccc(Cl)cc1C1C(=O)NC(=O)C1Cl. The molecule has 0 bridgehead atoms. The monoisotopic (exact) mass is 257 g/mol. The van der Waals surface area contributed by atoms with Crippen molar-refractivity contribution in [3.8, 4) is 0 Å². The number of hydrogen-bond acceptors (Lipinski definition) is 2. The Morgan fingerprint density at radius 3 is 2.50 bits per heavy atom. The largest absolute Gasteiger partial charge is 0.295 e. The molecule has 2 atom stereocenters. The third kappa shape index (κ3) is 1.81. The molecule has 0 radical (unpaired) electrons. The molecular formula is C11H9Cl2NO2. The van der Waals surface area contributed by atoms with Gasteiger partial charge in [-0.2, -0.15) is 0 Å². The lowest BCUT2D eigenvalue weighted by Crippen LogP contribution is -2.22. The van der Waals surface area contributed by atoms with Gasteiger partial charge >= 0.3 is 0 Å². The highest BCUT2D eigenvalue weighted by Gasteiger charge is 2.41. The molecule has 0 aromatic heterocycles. The molecule has 2 amide bonds. The lowest BCUT2D eigenvalue weighted by Gasteiger charge is -2.13. The summed E-state index contributed by atoms with van der Waals surface area (Å²) in [5.74, 6) is -1.46. The van der Waals surface area contributed by atoms with Crippen molar-refractivity contribution < 1.29 is 9.59 Å². The van der Waals surface area contributed by atoms with Gasteiger partial charge in [0.15, 0.2) is 0 Å². The van der Waals surface area contributed by atoms with E-state index in [2.05, 4.69) is 5.32 Å².